The smallest absolute Gasteiger partial charge is 0.253 e. The van der Waals surface area contributed by atoms with Crippen LogP contribution in [-0.2, 0) is 10.0 Å². The van der Waals surface area contributed by atoms with Crippen molar-refractivity contribution in [3.8, 4) is 0 Å². The fourth-order valence-corrected chi connectivity index (χ4v) is 6.12. The summed E-state index contributed by atoms with van der Waals surface area (Å²) in [5.41, 5.74) is 1.82. The number of aromatic nitrogens is 3. The fourth-order valence-electron chi connectivity index (χ4n) is 4.41. The first-order valence-electron chi connectivity index (χ1n) is 11.1. The Morgan fingerprint density at radius 3 is 2.69 bits per heavy atom. The van der Waals surface area contributed by atoms with Gasteiger partial charge in [-0.1, -0.05) is 26.0 Å². The predicted octanol–water partition coefficient (Wildman–Crippen LogP) is 3.09. The van der Waals surface area contributed by atoms with Crippen LogP contribution in [0.15, 0.2) is 47.5 Å². The first kappa shape index (κ1) is 22.4. The molecule has 8 nitrogen and oxygen atoms in total. The van der Waals surface area contributed by atoms with Gasteiger partial charge in [-0.15, -0.1) is 10.2 Å². The number of pyridine rings is 1. The molecule has 0 saturated carbocycles. The summed E-state index contributed by atoms with van der Waals surface area (Å²) in [5.74, 6) is 0.778. The highest BCUT2D eigenvalue weighted by molar-refractivity contribution is 7.89. The monoisotopic (exact) mass is 455 g/mol. The van der Waals surface area contributed by atoms with Gasteiger partial charge in [-0.3, -0.25) is 9.20 Å². The molecule has 9 heteroatoms. The summed E-state index contributed by atoms with van der Waals surface area (Å²) in [6.45, 7) is 7.32. The summed E-state index contributed by atoms with van der Waals surface area (Å²) in [7, 11) is -3.65. The lowest BCUT2D eigenvalue weighted by Crippen LogP contribution is -2.39. The maximum absolute atomic E-state index is 13.4. The molecule has 0 spiro atoms. The highest BCUT2D eigenvalue weighted by Gasteiger charge is 2.30. The van der Waals surface area contributed by atoms with Crippen molar-refractivity contribution >= 4 is 21.6 Å². The third-order valence-corrected chi connectivity index (χ3v) is 8.36. The number of sulfonamides is 1. The number of nitrogens with zero attached hydrogens (tertiary/aromatic N) is 5. The Morgan fingerprint density at radius 2 is 1.94 bits per heavy atom. The molecule has 1 aromatic carbocycles. The van der Waals surface area contributed by atoms with Gasteiger partial charge in [-0.05, 0) is 49.6 Å². The molecule has 4 rings (SSSR count). The normalized spacial score (nSPS) is 17.2. The molecule has 170 valence electrons. The van der Waals surface area contributed by atoms with Gasteiger partial charge >= 0.3 is 0 Å². The van der Waals surface area contributed by atoms with Crippen LogP contribution in [0.2, 0.25) is 0 Å². The minimum absolute atomic E-state index is 0.0782. The average molecular weight is 456 g/mol. The highest BCUT2D eigenvalue weighted by atomic mass is 32.2. The number of hydrogen-bond donors (Lipinski definition) is 0. The minimum atomic E-state index is -3.65. The molecule has 3 heterocycles. The van der Waals surface area contributed by atoms with Crippen molar-refractivity contribution in [3.05, 3.63) is 59.5 Å². The summed E-state index contributed by atoms with van der Waals surface area (Å²) in [4.78, 5) is 15.4. The molecule has 0 N–H and O–H groups in total. The quantitative estimate of drug-likeness (QED) is 0.570. The van der Waals surface area contributed by atoms with Crippen molar-refractivity contribution in [1.82, 2.24) is 23.8 Å². The first-order chi connectivity index (χ1) is 15.4. The average Bonchev–Trinajstić information content (AvgIpc) is 3.24. The van der Waals surface area contributed by atoms with Crippen LogP contribution in [0.25, 0.3) is 5.65 Å². The third kappa shape index (κ3) is 4.02. The van der Waals surface area contributed by atoms with Gasteiger partial charge in [0.1, 0.15) is 5.82 Å². The van der Waals surface area contributed by atoms with E-state index in [1.807, 2.05) is 42.6 Å². The summed E-state index contributed by atoms with van der Waals surface area (Å²) < 4.78 is 29.5. The molecule has 1 aliphatic rings. The molecule has 2 aromatic heterocycles. The zero-order chi connectivity index (χ0) is 22.9. The maximum atomic E-state index is 13.4. The molecule has 1 atom stereocenters. The molecule has 32 heavy (non-hydrogen) atoms. The van der Waals surface area contributed by atoms with Crippen molar-refractivity contribution in [3.63, 3.8) is 0 Å². The Bertz CT molecular complexity index is 1230. The van der Waals surface area contributed by atoms with E-state index in [4.69, 9.17) is 0 Å². The second kappa shape index (κ2) is 8.99. The lowest BCUT2D eigenvalue weighted by Gasteiger charge is -2.32. The van der Waals surface area contributed by atoms with Gasteiger partial charge in [0, 0.05) is 43.9 Å². The van der Waals surface area contributed by atoms with Gasteiger partial charge in [-0.25, -0.2) is 8.42 Å². The first-order valence-corrected chi connectivity index (χ1v) is 12.5. The Balaban J connectivity index is 1.60. The Morgan fingerprint density at radius 1 is 1.16 bits per heavy atom. The fraction of sp³-hybridized carbons (Fsp3) is 0.435. The maximum Gasteiger partial charge on any atom is 0.253 e. The molecule has 0 aliphatic carbocycles. The number of benzene rings is 1. The van der Waals surface area contributed by atoms with E-state index in [0.717, 1.165) is 24.3 Å². The van der Waals surface area contributed by atoms with E-state index < -0.39 is 10.0 Å². The van der Waals surface area contributed by atoms with E-state index in [1.54, 1.807) is 24.0 Å². The molecular formula is C23H29N5O3S. The molecule has 1 saturated heterocycles. The number of fused-ring (bicyclic) bond motifs is 1. The van der Waals surface area contributed by atoms with Crippen LogP contribution < -0.4 is 0 Å². The van der Waals surface area contributed by atoms with Crippen LogP contribution in [0.5, 0.6) is 0 Å². The summed E-state index contributed by atoms with van der Waals surface area (Å²) in [6.07, 6.45) is 3.72. The van der Waals surface area contributed by atoms with Crippen molar-refractivity contribution in [2.75, 3.05) is 26.2 Å². The van der Waals surface area contributed by atoms with Crippen LogP contribution in [0.4, 0.5) is 0 Å². The van der Waals surface area contributed by atoms with E-state index in [2.05, 4.69) is 10.2 Å². The molecule has 1 aliphatic heterocycles. The molecule has 1 unspecified atom stereocenters. The van der Waals surface area contributed by atoms with Crippen LogP contribution in [0.1, 0.15) is 54.4 Å². The van der Waals surface area contributed by atoms with Crippen molar-refractivity contribution in [1.29, 1.82) is 0 Å². The lowest BCUT2D eigenvalue weighted by molar-refractivity contribution is 0.0704. The Labute approximate surface area is 188 Å². The summed E-state index contributed by atoms with van der Waals surface area (Å²) in [5, 5.41) is 8.61. The van der Waals surface area contributed by atoms with E-state index in [0.29, 0.717) is 37.3 Å². The Kier molecular flexibility index (Phi) is 6.30. The van der Waals surface area contributed by atoms with Gasteiger partial charge < -0.3 is 4.90 Å². The van der Waals surface area contributed by atoms with Gasteiger partial charge in [0.05, 0.1) is 4.90 Å². The summed E-state index contributed by atoms with van der Waals surface area (Å²) in [6, 6.07) is 10.7. The molecule has 0 radical (unpaired) electrons. The molecule has 3 aromatic rings. The van der Waals surface area contributed by atoms with Crippen LogP contribution in [0, 0.1) is 6.92 Å². The zero-order valence-electron chi connectivity index (χ0n) is 18.7. The van der Waals surface area contributed by atoms with E-state index in [-0.39, 0.29) is 16.7 Å². The van der Waals surface area contributed by atoms with Gasteiger partial charge in [0.2, 0.25) is 10.0 Å². The van der Waals surface area contributed by atoms with Gasteiger partial charge in [0.25, 0.3) is 5.91 Å². The zero-order valence-corrected chi connectivity index (χ0v) is 19.5. The SMILES string of the molecule is CCN(CC)S(=O)(=O)c1cc(C(=O)N2CCCC(c3nnc4ccccn34)C2)ccc1C. The highest BCUT2D eigenvalue weighted by Crippen LogP contribution is 2.28. The minimum Gasteiger partial charge on any atom is -0.338 e. The van der Waals surface area contributed by atoms with Crippen LogP contribution in [0.3, 0.4) is 0 Å². The molecule has 0 bridgehead atoms. The number of piperidine rings is 1. The third-order valence-electron chi connectivity index (χ3n) is 6.17. The Hall–Kier alpha value is -2.78. The second-order valence-electron chi connectivity index (χ2n) is 8.15. The lowest BCUT2D eigenvalue weighted by atomic mass is 9.96. The molecule has 1 fully saturated rings. The molecule has 1 amide bonds. The van der Waals surface area contributed by atoms with E-state index >= 15 is 0 Å². The standard InChI is InChI=1S/C23H29N5O3S/c1-4-27(5-2)32(30,31)20-15-18(12-11-17(20)3)23(29)26-13-8-9-19(16-26)22-25-24-21-10-6-7-14-28(21)22/h6-7,10-12,14-15,19H,4-5,8-9,13,16H2,1-3H3. The summed E-state index contributed by atoms with van der Waals surface area (Å²) >= 11 is 0. The number of carbonyl (C=O) groups is 1. The van der Waals surface area contributed by atoms with Crippen molar-refractivity contribution in [2.24, 2.45) is 0 Å². The van der Waals surface area contributed by atoms with Crippen LogP contribution in [-0.4, -0.2) is 64.3 Å². The molecular weight excluding hydrogens is 426 g/mol. The predicted molar refractivity (Wildman–Crippen MR) is 122 cm³/mol. The second-order valence-corrected chi connectivity index (χ2v) is 10.1. The van der Waals surface area contributed by atoms with Crippen molar-refractivity contribution in [2.45, 2.75) is 44.4 Å². The van der Waals surface area contributed by atoms with Gasteiger partial charge in [0.15, 0.2) is 5.65 Å². The van der Waals surface area contributed by atoms with Gasteiger partial charge in [-0.2, -0.15) is 4.31 Å². The van der Waals surface area contributed by atoms with Crippen LogP contribution >= 0.6 is 0 Å². The van der Waals surface area contributed by atoms with E-state index in [9.17, 15) is 13.2 Å². The number of carbonyl (C=O) groups excluding carboxylic acids is 1. The number of amides is 1. The number of aryl methyl sites for hydroxylation is 1. The number of hydrogen-bond acceptors (Lipinski definition) is 5. The van der Waals surface area contributed by atoms with Crippen molar-refractivity contribution < 1.29 is 13.2 Å². The topological polar surface area (TPSA) is 87.9 Å². The van der Waals surface area contributed by atoms with E-state index in [1.165, 1.54) is 10.4 Å². The largest absolute Gasteiger partial charge is 0.338 e. The number of rotatable bonds is 6. The number of likely N-dealkylation sites (tertiary alicyclic amines) is 1.